The Balaban J connectivity index is 2.06. The normalized spacial score (nSPS) is 10.0. The van der Waals surface area contributed by atoms with Gasteiger partial charge < -0.3 is 9.47 Å². The molecule has 0 aliphatic heterocycles. The molecule has 2 rings (SSSR count). The van der Waals surface area contributed by atoms with Gasteiger partial charge in [0.15, 0.2) is 0 Å². The van der Waals surface area contributed by atoms with E-state index in [0.717, 1.165) is 11.3 Å². The Morgan fingerprint density at radius 3 is 2.57 bits per heavy atom. The fourth-order valence-corrected chi connectivity index (χ4v) is 1.69. The highest BCUT2D eigenvalue weighted by Crippen LogP contribution is 2.19. The summed E-state index contributed by atoms with van der Waals surface area (Å²) in [5.74, 6) is -0.845. The number of hydrogen-bond acceptors (Lipinski definition) is 5. The SMILES string of the molecule is CC(=O)Oc1ccccc1C(=O)OCc1ccc(C)nc1. The molecule has 0 bridgehead atoms. The van der Waals surface area contributed by atoms with Crippen molar-refractivity contribution in [1.82, 2.24) is 4.98 Å². The highest BCUT2D eigenvalue weighted by Gasteiger charge is 2.15. The van der Waals surface area contributed by atoms with E-state index in [0.29, 0.717) is 0 Å². The van der Waals surface area contributed by atoms with Crippen molar-refractivity contribution >= 4 is 11.9 Å². The first-order valence-corrected chi connectivity index (χ1v) is 6.42. The number of carbonyl (C=O) groups excluding carboxylic acids is 2. The molecule has 5 nitrogen and oxygen atoms in total. The van der Waals surface area contributed by atoms with Crippen LogP contribution >= 0.6 is 0 Å². The number of nitrogens with zero attached hydrogens (tertiary/aromatic N) is 1. The zero-order chi connectivity index (χ0) is 15.2. The van der Waals surface area contributed by atoms with Crippen molar-refractivity contribution in [3.05, 3.63) is 59.4 Å². The summed E-state index contributed by atoms with van der Waals surface area (Å²) in [5.41, 5.74) is 1.90. The van der Waals surface area contributed by atoms with Crippen LogP contribution in [0.25, 0.3) is 0 Å². The molecular formula is C16H15NO4. The molecule has 0 radical (unpaired) electrons. The van der Waals surface area contributed by atoms with Crippen molar-refractivity contribution in [2.45, 2.75) is 20.5 Å². The molecule has 108 valence electrons. The molecule has 0 aliphatic carbocycles. The molecule has 1 heterocycles. The lowest BCUT2D eigenvalue weighted by Gasteiger charge is -2.09. The van der Waals surface area contributed by atoms with Crippen LogP contribution in [0.15, 0.2) is 42.6 Å². The van der Waals surface area contributed by atoms with Crippen molar-refractivity contribution in [2.24, 2.45) is 0 Å². The first-order chi connectivity index (χ1) is 10.1. The average molecular weight is 285 g/mol. The molecule has 0 N–H and O–H groups in total. The summed E-state index contributed by atoms with van der Waals surface area (Å²) >= 11 is 0. The van der Waals surface area contributed by atoms with E-state index >= 15 is 0 Å². The molecule has 0 spiro atoms. The lowest BCUT2D eigenvalue weighted by molar-refractivity contribution is -0.131. The Labute approximate surface area is 122 Å². The molecule has 2 aromatic rings. The maximum Gasteiger partial charge on any atom is 0.342 e. The van der Waals surface area contributed by atoms with Crippen molar-refractivity contribution in [1.29, 1.82) is 0 Å². The summed E-state index contributed by atoms with van der Waals surface area (Å²) in [4.78, 5) is 27.2. The Morgan fingerprint density at radius 1 is 1.14 bits per heavy atom. The van der Waals surface area contributed by atoms with Crippen LogP contribution in [0.4, 0.5) is 0 Å². The van der Waals surface area contributed by atoms with Gasteiger partial charge in [-0.3, -0.25) is 9.78 Å². The summed E-state index contributed by atoms with van der Waals surface area (Å²) in [7, 11) is 0. The maximum atomic E-state index is 12.1. The standard InChI is InChI=1S/C16H15NO4/c1-11-7-8-13(9-17-11)10-20-16(19)14-5-3-4-6-15(14)21-12(2)18/h3-9H,10H2,1-2H3. The molecule has 5 heteroatoms. The zero-order valence-electron chi connectivity index (χ0n) is 11.8. The van der Waals surface area contributed by atoms with Crippen LogP contribution in [-0.4, -0.2) is 16.9 Å². The van der Waals surface area contributed by atoms with Crippen LogP contribution in [-0.2, 0) is 16.1 Å². The van der Waals surface area contributed by atoms with Gasteiger partial charge in [0, 0.05) is 24.4 Å². The smallest absolute Gasteiger partial charge is 0.342 e. The number of carbonyl (C=O) groups is 2. The lowest BCUT2D eigenvalue weighted by atomic mass is 10.2. The third-order valence-electron chi connectivity index (χ3n) is 2.70. The fraction of sp³-hybridized carbons (Fsp3) is 0.188. The predicted molar refractivity (Wildman–Crippen MR) is 75.8 cm³/mol. The van der Waals surface area contributed by atoms with Crippen LogP contribution in [0.1, 0.15) is 28.5 Å². The number of pyridine rings is 1. The number of ether oxygens (including phenoxy) is 2. The van der Waals surface area contributed by atoms with E-state index in [1.807, 2.05) is 19.1 Å². The van der Waals surface area contributed by atoms with Gasteiger partial charge in [0.1, 0.15) is 17.9 Å². The Morgan fingerprint density at radius 2 is 1.90 bits per heavy atom. The highest BCUT2D eigenvalue weighted by atomic mass is 16.5. The second kappa shape index (κ2) is 6.65. The maximum absolute atomic E-state index is 12.1. The van der Waals surface area contributed by atoms with Gasteiger partial charge in [-0.2, -0.15) is 0 Å². The van der Waals surface area contributed by atoms with Gasteiger partial charge in [-0.1, -0.05) is 18.2 Å². The van der Waals surface area contributed by atoms with E-state index in [1.54, 1.807) is 30.5 Å². The molecule has 1 aromatic heterocycles. The van der Waals surface area contributed by atoms with E-state index in [-0.39, 0.29) is 17.9 Å². The van der Waals surface area contributed by atoms with Crippen LogP contribution in [0, 0.1) is 6.92 Å². The van der Waals surface area contributed by atoms with E-state index in [2.05, 4.69) is 4.98 Å². The molecule has 0 saturated carbocycles. The van der Waals surface area contributed by atoms with Gasteiger partial charge in [-0.25, -0.2) is 4.79 Å². The van der Waals surface area contributed by atoms with Crippen molar-refractivity contribution in [2.75, 3.05) is 0 Å². The second-order valence-electron chi connectivity index (χ2n) is 4.47. The molecule has 0 amide bonds. The Bertz CT molecular complexity index is 650. The quantitative estimate of drug-likeness (QED) is 0.638. The lowest BCUT2D eigenvalue weighted by Crippen LogP contribution is -2.10. The summed E-state index contributed by atoms with van der Waals surface area (Å²) in [5, 5.41) is 0. The van der Waals surface area contributed by atoms with E-state index in [9.17, 15) is 9.59 Å². The summed E-state index contributed by atoms with van der Waals surface area (Å²) in [6, 6.07) is 10.1. The number of benzene rings is 1. The molecule has 1 aromatic carbocycles. The molecule has 0 aliphatic rings. The third-order valence-corrected chi connectivity index (χ3v) is 2.70. The van der Waals surface area contributed by atoms with E-state index in [4.69, 9.17) is 9.47 Å². The second-order valence-corrected chi connectivity index (χ2v) is 4.47. The summed E-state index contributed by atoms with van der Waals surface area (Å²) in [6.45, 7) is 3.27. The fourth-order valence-electron chi connectivity index (χ4n) is 1.69. The minimum Gasteiger partial charge on any atom is -0.457 e. The van der Waals surface area contributed by atoms with Gasteiger partial charge in [-0.05, 0) is 25.1 Å². The predicted octanol–water partition coefficient (Wildman–Crippen LogP) is 2.67. The molecular weight excluding hydrogens is 270 g/mol. The van der Waals surface area contributed by atoms with Gasteiger partial charge in [0.05, 0.1) is 0 Å². The average Bonchev–Trinajstić information content (AvgIpc) is 2.46. The highest BCUT2D eigenvalue weighted by molar-refractivity contribution is 5.93. The van der Waals surface area contributed by atoms with E-state index in [1.165, 1.54) is 6.92 Å². The third kappa shape index (κ3) is 4.14. The number of para-hydroxylation sites is 1. The molecule has 21 heavy (non-hydrogen) atoms. The Kier molecular flexibility index (Phi) is 4.66. The molecule has 0 saturated heterocycles. The minimum absolute atomic E-state index is 0.112. The van der Waals surface area contributed by atoms with Crippen molar-refractivity contribution in [3.63, 3.8) is 0 Å². The van der Waals surface area contributed by atoms with Crippen molar-refractivity contribution < 1.29 is 19.1 Å². The first-order valence-electron chi connectivity index (χ1n) is 6.42. The van der Waals surface area contributed by atoms with Gasteiger partial charge in [0.25, 0.3) is 0 Å². The summed E-state index contributed by atoms with van der Waals surface area (Å²) < 4.78 is 10.2. The largest absolute Gasteiger partial charge is 0.457 e. The number of aryl methyl sites for hydroxylation is 1. The van der Waals surface area contributed by atoms with Crippen LogP contribution in [0.2, 0.25) is 0 Å². The van der Waals surface area contributed by atoms with Gasteiger partial charge in [0.2, 0.25) is 0 Å². The van der Waals surface area contributed by atoms with E-state index < -0.39 is 11.9 Å². The van der Waals surface area contributed by atoms with Crippen LogP contribution in [0.3, 0.4) is 0 Å². The number of esters is 2. The molecule has 0 atom stereocenters. The first kappa shape index (κ1) is 14.7. The summed E-state index contributed by atoms with van der Waals surface area (Å²) in [6.07, 6.45) is 1.65. The molecule has 0 fully saturated rings. The van der Waals surface area contributed by atoms with Crippen molar-refractivity contribution in [3.8, 4) is 5.75 Å². The topological polar surface area (TPSA) is 65.5 Å². The van der Waals surface area contributed by atoms with Crippen LogP contribution in [0.5, 0.6) is 5.75 Å². The Hall–Kier alpha value is -2.69. The number of rotatable bonds is 4. The van der Waals surface area contributed by atoms with Crippen LogP contribution < -0.4 is 4.74 Å². The zero-order valence-corrected chi connectivity index (χ0v) is 11.8. The van der Waals surface area contributed by atoms with Gasteiger partial charge in [-0.15, -0.1) is 0 Å². The van der Waals surface area contributed by atoms with Gasteiger partial charge >= 0.3 is 11.9 Å². The number of aromatic nitrogens is 1. The minimum atomic E-state index is -0.549. The monoisotopic (exact) mass is 285 g/mol. The molecule has 0 unspecified atom stereocenters. The number of hydrogen-bond donors (Lipinski definition) is 0.